The zero-order chi connectivity index (χ0) is 15.0. The van der Waals surface area contributed by atoms with Crippen LogP contribution in [0.25, 0.3) is 10.8 Å². The third-order valence-corrected chi connectivity index (χ3v) is 6.32. The second-order valence-electron chi connectivity index (χ2n) is 5.70. The quantitative estimate of drug-likeness (QED) is 0.840. The van der Waals surface area contributed by atoms with Crippen LogP contribution in [0.4, 0.5) is 0 Å². The van der Waals surface area contributed by atoms with Crippen molar-refractivity contribution in [2.45, 2.75) is 24.7 Å². The van der Waals surface area contributed by atoms with E-state index < -0.39 is 10.0 Å². The number of halogens is 1. The molecule has 112 valence electrons. The Morgan fingerprint density at radius 3 is 2.57 bits per heavy atom. The van der Waals surface area contributed by atoms with Crippen LogP contribution in [0.5, 0.6) is 0 Å². The summed E-state index contributed by atoms with van der Waals surface area (Å²) in [6, 6.07) is 10.7. The van der Waals surface area contributed by atoms with Gasteiger partial charge in [-0.25, -0.2) is 8.42 Å². The smallest absolute Gasteiger partial charge is 0.207 e. The summed E-state index contributed by atoms with van der Waals surface area (Å²) < 4.78 is 27.5. The third kappa shape index (κ3) is 2.68. The van der Waals surface area contributed by atoms with Gasteiger partial charge in [-0.1, -0.05) is 42.8 Å². The summed E-state index contributed by atoms with van der Waals surface area (Å²) in [6.45, 7) is 3.30. The summed E-state index contributed by atoms with van der Waals surface area (Å²) in [5.41, 5.74) is 0. The van der Waals surface area contributed by atoms with Crippen molar-refractivity contribution < 1.29 is 8.42 Å². The number of piperidine rings is 1. The summed E-state index contributed by atoms with van der Waals surface area (Å²) >= 11 is 6.18. The lowest BCUT2D eigenvalue weighted by Crippen LogP contribution is -2.39. The molecule has 5 heteroatoms. The van der Waals surface area contributed by atoms with E-state index in [-0.39, 0.29) is 0 Å². The minimum Gasteiger partial charge on any atom is -0.207 e. The Hall–Kier alpha value is -1.10. The van der Waals surface area contributed by atoms with Gasteiger partial charge in [0.2, 0.25) is 10.0 Å². The van der Waals surface area contributed by atoms with E-state index in [0.29, 0.717) is 34.3 Å². The number of hydrogen-bond acceptors (Lipinski definition) is 2. The summed E-state index contributed by atoms with van der Waals surface area (Å²) in [5, 5.41) is 2.06. The fourth-order valence-corrected chi connectivity index (χ4v) is 4.99. The van der Waals surface area contributed by atoms with Gasteiger partial charge in [0, 0.05) is 28.9 Å². The predicted molar refractivity (Wildman–Crippen MR) is 86.1 cm³/mol. The summed E-state index contributed by atoms with van der Waals surface area (Å²) in [5.74, 6) is 0.409. The van der Waals surface area contributed by atoms with Crippen molar-refractivity contribution in [3.63, 3.8) is 0 Å². The molecule has 0 unspecified atom stereocenters. The van der Waals surface area contributed by atoms with Gasteiger partial charge in [0.1, 0.15) is 0 Å². The SMILES string of the molecule is C[C@@H]1CCCN(S(=O)(=O)c2ccc(Cl)c3ccccc23)C1. The van der Waals surface area contributed by atoms with Crippen molar-refractivity contribution in [1.29, 1.82) is 0 Å². The molecule has 0 aromatic heterocycles. The van der Waals surface area contributed by atoms with Gasteiger partial charge >= 0.3 is 0 Å². The minimum absolute atomic E-state index is 0.358. The maximum Gasteiger partial charge on any atom is 0.243 e. The molecule has 0 bridgehead atoms. The van der Waals surface area contributed by atoms with Crippen LogP contribution in [-0.2, 0) is 10.0 Å². The molecular weight excluding hydrogens is 306 g/mol. The van der Waals surface area contributed by atoms with E-state index >= 15 is 0 Å². The average molecular weight is 324 g/mol. The van der Waals surface area contributed by atoms with Crippen molar-refractivity contribution in [2.75, 3.05) is 13.1 Å². The second-order valence-corrected chi connectivity index (χ2v) is 8.02. The van der Waals surface area contributed by atoms with Crippen LogP contribution in [0.3, 0.4) is 0 Å². The largest absolute Gasteiger partial charge is 0.243 e. The van der Waals surface area contributed by atoms with Crippen LogP contribution in [-0.4, -0.2) is 25.8 Å². The molecule has 0 radical (unpaired) electrons. The van der Waals surface area contributed by atoms with Crippen molar-refractivity contribution in [3.05, 3.63) is 41.4 Å². The van der Waals surface area contributed by atoms with Crippen LogP contribution in [0, 0.1) is 5.92 Å². The molecule has 1 aliphatic rings. The molecule has 3 rings (SSSR count). The lowest BCUT2D eigenvalue weighted by Gasteiger charge is -2.30. The fourth-order valence-electron chi connectivity index (χ4n) is 2.96. The lowest BCUT2D eigenvalue weighted by molar-refractivity contribution is 0.281. The summed E-state index contributed by atoms with van der Waals surface area (Å²) in [6.07, 6.45) is 2.01. The number of sulfonamides is 1. The summed E-state index contributed by atoms with van der Waals surface area (Å²) in [4.78, 5) is 0.358. The minimum atomic E-state index is -3.46. The van der Waals surface area contributed by atoms with Crippen molar-refractivity contribution in [2.24, 2.45) is 5.92 Å². The Labute approximate surface area is 130 Å². The van der Waals surface area contributed by atoms with Gasteiger partial charge in [0.15, 0.2) is 0 Å². The van der Waals surface area contributed by atoms with Crippen molar-refractivity contribution in [3.8, 4) is 0 Å². The number of nitrogens with zero attached hydrogens (tertiary/aromatic N) is 1. The standard InChI is InChI=1S/C16H18ClNO2S/c1-12-5-4-10-18(11-12)21(19,20)16-9-8-15(17)13-6-2-3-7-14(13)16/h2-3,6-9,12H,4-5,10-11H2,1H3/t12-/m1/s1. The normalized spacial score (nSPS) is 20.8. The number of fused-ring (bicyclic) bond motifs is 1. The molecule has 1 aliphatic heterocycles. The highest BCUT2D eigenvalue weighted by Crippen LogP contribution is 2.32. The maximum atomic E-state index is 12.9. The first-order valence-electron chi connectivity index (χ1n) is 7.17. The zero-order valence-corrected chi connectivity index (χ0v) is 13.5. The highest BCUT2D eigenvalue weighted by molar-refractivity contribution is 7.89. The Balaban J connectivity index is 2.13. The highest BCUT2D eigenvalue weighted by atomic mass is 35.5. The van der Waals surface area contributed by atoms with Gasteiger partial charge in [-0.3, -0.25) is 0 Å². The van der Waals surface area contributed by atoms with Gasteiger partial charge in [-0.15, -0.1) is 0 Å². The molecule has 2 aromatic carbocycles. The third-order valence-electron chi connectivity index (χ3n) is 4.07. The van der Waals surface area contributed by atoms with E-state index in [2.05, 4.69) is 6.92 Å². The molecule has 0 amide bonds. The Morgan fingerprint density at radius 2 is 1.86 bits per heavy atom. The zero-order valence-electron chi connectivity index (χ0n) is 11.9. The molecule has 0 saturated carbocycles. The molecule has 3 nitrogen and oxygen atoms in total. The molecule has 0 N–H and O–H groups in total. The molecule has 1 fully saturated rings. The monoisotopic (exact) mass is 323 g/mol. The first-order valence-corrected chi connectivity index (χ1v) is 8.99. The van der Waals surface area contributed by atoms with E-state index in [4.69, 9.17) is 11.6 Å². The van der Waals surface area contributed by atoms with Gasteiger partial charge in [0.25, 0.3) is 0 Å². The number of rotatable bonds is 2. The Kier molecular flexibility index (Phi) is 3.95. The van der Waals surface area contributed by atoms with E-state index in [0.717, 1.165) is 18.2 Å². The van der Waals surface area contributed by atoms with Crippen LogP contribution in [0.1, 0.15) is 19.8 Å². The molecule has 21 heavy (non-hydrogen) atoms. The van der Waals surface area contributed by atoms with Gasteiger partial charge in [-0.05, 0) is 30.9 Å². The van der Waals surface area contributed by atoms with Crippen LogP contribution < -0.4 is 0 Å². The van der Waals surface area contributed by atoms with Crippen LogP contribution in [0.15, 0.2) is 41.3 Å². The topological polar surface area (TPSA) is 37.4 Å². The fraction of sp³-hybridized carbons (Fsp3) is 0.375. The average Bonchev–Trinajstić information content (AvgIpc) is 2.47. The number of benzene rings is 2. The molecular formula is C16H18ClNO2S. The van der Waals surface area contributed by atoms with Gasteiger partial charge in [-0.2, -0.15) is 4.31 Å². The summed E-state index contributed by atoms with van der Waals surface area (Å²) in [7, 11) is -3.46. The highest BCUT2D eigenvalue weighted by Gasteiger charge is 2.30. The van der Waals surface area contributed by atoms with Gasteiger partial charge < -0.3 is 0 Å². The van der Waals surface area contributed by atoms with Crippen molar-refractivity contribution >= 4 is 32.4 Å². The molecule has 0 spiro atoms. The maximum absolute atomic E-state index is 12.9. The molecule has 1 saturated heterocycles. The first kappa shape index (κ1) is 14.8. The first-order chi connectivity index (χ1) is 10.00. The Morgan fingerprint density at radius 1 is 1.14 bits per heavy atom. The van der Waals surface area contributed by atoms with Crippen LogP contribution >= 0.6 is 11.6 Å². The van der Waals surface area contributed by atoms with Crippen molar-refractivity contribution in [1.82, 2.24) is 4.31 Å². The molecule has 2 aromatic rings. The predicted octanol–water partition coefficient (Wildman–Crippen LogP) is 3.91. The lowest BCUT2D eigenvalue weighted by atomic mass is 10.0. The Bertz CT molecular complexity index is 773. The van der Waals surface area contributed by atoms with Crippen LogP contribution in [0.2, 0.25) is 5.02 Å². The van der Waals surface area contributed by atoms with E-state index in [1.54, 1.807) is 16.4 Å². The van der Waals surface area contributed by atoms with Gasteiger partial charge in [0.05, 0.1) is 4.90 Å². The molecule has 1 heterocycles. The van der Waals surface area contributed by atoms with E-state index in [1.165, 1.54) is 0 Å². The number of hydrogen-bond donors (Lipinski definition) is 0. The van der Waals surface area contributed by atoms with E-state index in [9.17, 15) is 8.42 Å². The molecule has 0 aliphatic carbocycles. The molecule has 1 atom stereocenters. The second kappa shape index (κ2) is 5.59. The van der Waals surface area contributed by atoms with E-state index in [1.807, 2.05) is 24.3 Å².